The van der Waals surface area contributed by atoms with Crippen LogP contribution in [0.2, 0.25) is 0 Å². The van der Waals surface area contributed by atoms with Crippen molar-refractivity contribution in [2.45, 2.75) is 12.5 Å². The maximum absolute atomic E-state index is 6.03. The summed E-state index contributed by atoms with van der Waals surface area (Å²) in [6, 6.07) is 9.95. The van der Waals surface area contributed by atoms with Gasteiger partial charge in [0.15, 0.2) is 0 Å². The molecule has 3 aromatic heterocycles. The average Bonchev–Trinajstić information content (AvgIpc) is 3.28. The first-order chi connectivity index (χ1) is 12.8. The van der Waals surface area contributed by atoms with Gasteiger partial charge in [0.2, 0.25) is 0 Å². The fourth-order valence-corrected chi connectivity index (χ4v) is 3.64. The summed E-state index contributed by atoms with van der Waals surface area (Å²) in [7, 11) is 1.95. The lowest BCUT2D eigenvalue weighted by atomic mass is 9.93. The van der Waals surface area contributed by atoms with Crippen molar-refractivity contribution < 1.29 is 4.74 Å². The molecule has 134 valence electrons. The summed E-state index contributed by atoms with van der Waals surface area (Å²) in [5.74, 6) is 1.63. The highest BCUT2D eigenvalue weighted by atomic mass is 16.5. The third-order valence-corrected chi connectivity index (χ3v) is 4.86. The molecule has 2 atom stereocenters. The standard InChI is InChI=1S/C20H23N5O/c1-24-11-16(10-23-24)12-25-13-17(15-26-18-5-8-21-9-6-18)19(14-25)20-4-2-3-7-22-20/h2-11,17,19H,12-15H2,1H3/t17-,19+/m0/s1. The normalized spacial score (nSPS) is 20.3. The highest BCUT2D eigenvalue weighted by Gasteiger charge is 2.35. The number of hydrogen-bond acceptors (Lipinski definition) is 5. The fraction of sp³-hybridized carbons (Fsp3) is 0.350. The van der Waals surface area contributed by atoms with Gasteiger partial charge in [-0.3, -0.25) is 19.5 Å². The van der Waals surface area contributed by atoms with Gasteiger partial charge in [0.1, 0.15) is 5.75 Å². The zero-order valence-electron chi connectivity index (χ0n) is 14.9. The molecule has 6 heteroatoms. The van der Waals surface area contributed by atoms with E-state index < -0.39 is 0 Å². The maximum atomic E-state index is 6.03. The van der Waals surface area contributed by atoms with Crippen LogP contribution in [0.25, 0.3) is 0 Å². The van der Waals surface area contributed by atoms with Crippen molar-refractivity contribution in [1.82, 2.24) is 24.6 Å². The minimum Gasteiger partial charge on any atom is -0.493 e. The summed E-state index contributed by atoms with van der Waals surface area (Å²) in [6.45, 7) is 3.55. The van der Waals surface area contributed by atoms with E-state index in [-0.39, 0.29) is 0 Å². The molecule has 0 bridgehead atoms. The Labute approximate surface area is 153 Å². The van der Waals surface area contributed by atoms with E-state index in [0.29, 0.717) is 18.4 Å². The molecule has 4 rings (SSSR count). The smallest absolute Gasteiger partial charge is 0.122 e. The molecule has 26 heavy (non-hydrogen) atoms. The van der Waals surface area contributed by atoms with Gasteiger partial charge in [-0.25, -0.2) is 0 Å². The minimum absolute atomic E-state index is 0.370. The molecular weight excluding hydrogens is 326 g/mol. The Morgan fingerprint density at radius 3 is 2.73 bits per heavy atom. The Kier molecular flexibility index (Phi) is 4.93. The molecule has 0 unspecified atom stereocenters. The lowest BCUT2D eigenvalue weighted by Crippen LogP contribution is -2.22. The van der Waals surface area contributed by atoms with Gasteiger partial charge < -0.3 is 4.74 Å². The van der Waals surface area contributed by atoms with E-state index in [1.807, 2.05) is 42.3 Å². The van der Waals surface area contributed by atoms with Crippen LogP contribution >= 0.6 is 0 Å². The van der Waals surface area contributed by atoms with Gasteiger partial charge in [-0.15, -0.1) is 0 Å². The van der Waals surface area contributed by atoms with Crippen LogP contribution in [0, 0.1) is 5.92 Å². The fourth-order valence-electron chi connectivity index (χ4n) is 3.64. The van der Waals surface area contributed by atoms with Gasteiger partial charge in [0.25, 0.3) is 0 Å². The third kappa shape index (κ3) is 3.91. The summed E-state index contributed by atoms with van der Waals surface area (Å²) < 4.78 is 7.89. The van der Waals surface area contributed by atoms with E-state index in [1.165, 1.54) is 5.56 Å². The largest absolute Gasteiger partial charge is 0.493 e. The number of likely N-dealkylation sites (tertiary alicyclic amines) is 1. The molecule has 0 saturated carbocycles. The van der Waals surface area contributed by atoms with Crippen molar-refractivity contribution >= 4 is 0 Å². The second-order valence-electron chi connectivity index (χ2n) is 6.83. The van der Waals surface area contributed by atoms with Crippen molar-refractivity contribution in [1.29, 1.82) is 0 Å². The molecule has 0 aromatic carbocycles. The Morgan fingerprint density at radius 1 is 1.12 bits per heavy atom. The summed E-state index contributed by atoms with van der Waals surface area (Å²) in [5, 5.41) is 4.28. The number of ether oxygens (including phenoxy) is 1. The Morgan fingerprint density at radius 2 is 2.00 bits per heavy atom. The average molecular weight is 349 g/mol. The lowest BCUT2D eigenvalue weighted by molar-refractivity contribution is 0.232. The molecule has 1 aliphatic rings. The molecule has 0 radical (unpaired) electrons. The molecule has 0 aliphatic carbocycles. The topological polar surface area (TPSA) is 56.1 Å². The van der Waals surface area contributed by atoms with E-state index in [4.69, 9.17) is 4.74 Å². The zero-order chi connectivity index (χ0) is 17.8. The van der Waals surface area contributed by atoms with Gasteiger partial charge >= 0.3 is 0 Å². The van der Waals surface area contributed by atoms with Crippen molar-refractivity contribution in [2.75, 3.05) is 19.7 Å². The molecule has 4 heterocycles. The predicted octanol–water partition coefficient (Wildman–Crippen LogP) is 2.50. The molecule has 1 fully saturated rings. The number of nitrogens with zero attached hydrogens (tertiary/aromatic N) is 5. The number of aromatic nitrogens is 4. The van der Waals surface area contributed by atoms with Crippen molar-refractivity contribution in [3.63, 3.8) is 0 Å². The van der Waals surface area contributed by atoms with Crippen LogP contribution in [-0.4, -0.2) is 44.3 Å². The first-order valence-electron chi connectivity index (χ1n) is 8.91. The van der Waals surface area contributed by atoms with E-state index in [2.05, 4.69) is 38.3 Å². The van der Waals surface area contributed by atoms with Crippen molar-refractivity contribution in [2.24, 2.45) is 13.0 Å². The molecule has 1 saturated heterocycles. The molecule has 6 nitrogen and oxygen atoms in total. The second-order valence-corrected chi connectivity index (χ2v) is 6.83. The monoisotopic (exact) mass is 349 g/mol. The quantitative estimate of drug-likeness (QED) is 0.684. The van der Waals surface area contributed by atoms with Gasteiger partial charge in [-0.2, -0.15) is 5.10 Å². The van der Waals surface area contributed by atoms with Crippen LogP contribution in [-0.2, 0) is 13.6 Å². The van der Waals surface area contributed by atoms with Crippen LogP contribution in [0.1, 0.15) is 17.2 Å². The Bertz CT molecular complexity index is 820. The summed E-state index contributed by atoms with van der Waals surface area (Å²) in [6.07, 6.45) is 9.41. The number of aryl methyl sites for hydroxylation is 1. The van der Waals surface area contributed by atoms with Gasteiger partial charge in [-0.05, 0) is 24.3 Å². The maximum Gasteiger partial charge on any atom is 0.122 e. The Balaban J connectivity index is 1.47. The first-order valence-corrected chi connectivity index (χ1v) is 8.91. The van der Waals surface area contributed by atoms with Gasteiger partial charge in [-0.1, -0.05) is 6.07 Å². The van der Waals surface area contributed by atoms with E-state index in [0.717, 1.165) is 31.1 Å². The van der Waals surface area contributed by atoms with E-state index in [9.17, 15) is 0 Å². The van der Waals surface area contributed by atoms with Crippen molar-refractivity contribution in [3.8, 4) is 5.75 Å². The number of rotatable bonds is 6. The van der Waals surface area contributed by atoms with Crippen LogP contribution in [0.3, 0.4) is 0 Å². The number of pyridine rings is 2. The SMILES string of the molecule is Cn1cc(CN2C[C@@H](COc3ccncc3)[C@H](c3ccccn3)C2)cn1. The molecule has 0 spiro atoms. The predicted molar refractivity (Wildman–Crippen MR) is 98.7 cm³/mol. The Hall–Kier alpha value is -2.73. The van der Waals surface area contributed by atoms with Crippen LogP contribution in [0.4, 0.5) is 0 Å². The second kappa shape index (κ2) is 7.66. The van der Waals surface area contributed by atoms with Crippen LogP contribution in [0.5, 0.6) is 5.75 Å². The van der Waals surface area contributed by atoms with Gasteiger partial charge in [0, 0.05) is 74.6 Å². The van der Waals surface area contributed by atoms with Crippen LogP contribution in [0.15, 0.2) is 61.3 Å². The van der Waals surface area contributed by atoms with Gasteiger partial charge in [0.05, 0.1) is 12.8 Å². The molecule has 0 N–H and O–H groups in total. The zero-order valence-corrected chi connectivity index (χ0v) is 14.9. The van der Waals surface area contributed by atoms with Crippen molar-refractivity contribution in [3.05, 3.63) is 72.6 Å². The molecule has 0 amide bonds. The molecule has 3 aromatic rings. The summed E-state index contributed by atoms with van der Waals surface area (Å²) in [4.78, 5) is 11.1. The molecular formula is C20H23N5O. The first kappa shape index (κ1) is 16.7. The third-order valence-electron chi connectivity index (χ3n) is 4.86. The van der Waals surface area contributed by atoms with E-state index in [1.54, 1.807) is 12.4 Å². The highest BCUT2D eigenvalue weighted by Crippen LogP contribution is 2.33. The minimum atomic E-state index is 0.370. The number of hydrogen-bond donors (Lipinski definition) is 0. The van der Waals surface area contributed by atoms with Crippen LogP contribution < -0.4 is 4.74 Å². The summed E-state index contributed by atoms with van der Waals surface area (Å²) >= 11 is 0. The lowest BCUT2D eigenvalue weighted by Gasteiger charge is -2.18. The highest BCUT2D eigenvalue weighted by molar-refractivity contribution is 5.18. The van der Waals surface area contributed by atoms with E-state index >= 15 is 0 Å². The summed E-state index contributed by atoms with van der Waals surface area (Å²) in [5.41, 5.74) is 2.38. The molecule has 1 aliphatic heterocycles.